The Morgan fingerprint density at radius 1 is 1.90 bits per heavy atom. The van der Waals surface area contributed by atoms with Gasteiger partial charge < -0.3 is 10.4 Å². The van der Waals surface area contributed by atoms with Crippen molar-refractivity contribution in [3.8, 4) is 0 Å². The molecule has 0 radical (unpaired) electrons. The molecule has 60 valence electrons. The van der Waals surface area contributed by atoms with E-state index in [0.717, 1.165) is 13.0 Å². The third-order valence-electron chi connectivity index (χ3n) is 1.65. The van der Waals surface area contributed by atoms with Gasteiger partial charge in [-0.15, -0.1) is 12.4 Å². The van der Waals surface area contributed by atoms with E-state index in [2.05, 4.69) is 5.32 Å². The van der Waals surface area contributed by atoms with Crippen LogP contribution in [0.5, 0.6) is 0 Å². The lowest BCUT2D eigenvalue weighted by molar-refractivity contribution is -0.143. The van der Waals surface area contributed by atoms with Gasteiger partial charge in [-0.1, -0.05) is 0 Å². The van der Waals surface area contributed by atoms with Crippen molar-refractivity contribution in [2.45, 2.75) is 25.3 Å². The Morgan fingerprint density at radius 3 is 2.80 bits per heavy atom. The Labute approximate surface area is 67.6 Å². The Kier molecular flexibility index (Phi) is 2.51. The first-order valence-electron chi connectivity index (χ1n) is 3.70. The van der Waals surface area contributed by atoms with Crippen LogP contribution in [0.3, 0.4) is 0 Å². The minimum Gasteiger partial charge on any atom is -0.480 e. The quantitative estimate of drug-likeness (QED) is 0.601. The molecule has 0 aromatic carbocycles. The molecule has 0 bridgehead atoms. The molecule has 0 amide bonds. The van der Waals surface area contributed by atoms with E-state index in [0.29, 0.717) is 6.42 Å². The first-order chi connectivity index (χ1) is 4.71. The molecule has 1 heterocycles. The van der Waals surface area contributed by atoms with Crippen LogP contribution in [0.4, 0.5) is 0 Å². The predicted octanol–water partition coefficient (Wildman–Crippen LogP) is 0.635. The van der Waals surface area contributed by atoms with Crippen LogP contribution >= 0.6 is 12.4 Å². The van der Waals surface area contributed by atoms with Crippen LogP contribution < -0.4 is 5.32 Å². The Bertz CT molecular complexity index is 148. The highest BCUT2D eigenvalue weighted by Gasteiger charge is 2.35. The van der Waals surface area contributed by atoms with Crippen molar-refractivity contribution in [3.63, 3.8) is 0 Å². The van der Waals surface area contributed by atoms with Crippen LogP contribution in [0.15, 0.2) is 0 Å². The second-order valence-electron chi connectivity index (χ2n) is 2.42. The molecule has 2 N–H and O–H groups in total. The van der Waals surface area contributed by atoms with E-state index in [1.54, 1.807) is 0 Å². The summed E-state index contributed by atoms with van der Waals surface area (Å²) < 4.78 is 7.04. The zero-order chi connectivity index (χ0) is 7.61. The summed E-state index contributed by atoms with van der Waals surface area (Å²) in [6.45, 7) is 0.660. The maximum absolute atomic E-state index is 10.6. The van der Waals surface area contributed by atoms with Crippen molar-refractivity contribution in [3.05, 3.63) is 0 Å². The fourth-order valence-corrected chi connectivity index (χ4v) is 0.989. The number of rotatable bonds is 1. The summed E-state index contributed by atoms with van der Waals surface area (Å²) in [6.07, 6.45) is 1.46. The highest BCUT2D eigenvalue weighted by atomic mass is 35.5. The van der Waals surface area contributed by atoms with Gasteiger partial charge in [0.15, 0.2) is 0 Å². The van der Waals surface area contributed by atoms with E-state index >= 15 is 0 Å². The predicted molar refractivity (Wildman–Crippen MR) is 40.5 cm³/mol. The summed E-state index contributed by atoms with van der Waals surface area (Å²) in [4.78, 5) is 10.6. The Morgan fingerprint density at radius 2 is 2.60 bits per heavy atom. The van der Waals surface area contributed by atoms with Crippen LogP contribution in [-0.4, -0.2) is 23.2 Å². The van der Waals surface area contributed by atoms with Crippen molar-refractivity contribution < 1.29 is 11.3 Å². The van der Waals surface area contributed by atoms with E-state index in [-0.39, 0.29) is 19.3 Å². The second kappa shape index (κ2) is 3.21. The number of carboxylic acid groups (broad SMARTS) is 1. The smallest absolute Gasteiger partial charge is 0.323 e. The normalized spacial score (nSPS) is 32.6. The van der Waals surface area contributed by atoms with E-state index < -0.39 is 11.5 Å². The van der Waals surface area contributed by atoms with Crippen LogP contribution in [0, 0.1) is 0 Å². The van der Waals surface area contributed by atoms with E-state index in [4.69, 9.17) is 6.48 Å². The lowest BCUT2D eigenvalue weighted by atomic mass is 10.0. The molecular weight excluding hydrogens is 154 g/mol. The molecule has 10 heavy (non-hydrogen) atoms. The van der Waals surface area contributed by atoms with Gasteiger partial charge in [0.2, 0.25) is 0 Å². The zero-order valence-corrected chi connectivity index (χ0v) is 6.41. The summed E-state index contributed by atoms with van der Waals surface area (Å²) in [6, 6.07) is 0. The maximum Gasteiger partial charge on any atom is 0.323 e. The van der Waals surface area contributed by atoms with Crippen molar-refractivity contribution in [1.29, 1.82) is 0 Å². The molecule has 1 fully saturated rings. The van der Waals surface area contributed by atoms with Crippen LogP contribution in [-0.2, 0) is 4.79 Å². The highest BCUT2D eigenvalue weighted by Crippen LogP contribution is 2.17. The number of carbonyl (C=O) groups is 1. The third-order valence-corrected chi connectivity index (χ3v) is 1.65. The van der Waals surface area contributed by atoms with Gasteiger partial charge in [-0.05, 0) is 26.3 Å². The third kappa shape index (κ3) is 1.61. The van der Waals surface area contributed by atoms with Gasteiger partial charge in [-0.3, -0.25) is 4.79 Å². The van der Waals surface area contributed by atoms with Crippen LogP contribution in [0.2, 0.25) is 0 Å². The molecule has 0 aromatic heterocycles. The first kappa shape index (κ1) is 7.82. The van der Waals surface area contributed by atoms with Crippen LogP contribution in [0.25, 0.3) is 0 Å². The maximum atomic E-state index is 10.6. The summed E-state index contributed by atoms with van der Waals surface area (Å²) >= 11 is 0. The highest BCUT2D eigenvalue weighted by molar-refractivity contribution is 5.85. The number of hydrogen-bond donors (Lipinski definition) is 2. The molecule has 0 unspecified atom stereocenters. The molecule has 0 aliphatic carbocycles. The lowest BCUT2D eigenvalue weighted by Crippen LogP contribution is -2.44. The molecule has 3 nitrogen and oxygen atoms in total. The van der Waals surface area contributed by atoms with E-state index in [9.17, 15) is 4.79 Å². The molecule has 0 spiro atoms. The van der Waals surface area contributed by atoms with Crippen molar-refractivity contribution in [2.75, 3.05) is 6.54 Å². The van der Waals surface area contributed by atoms with Crippen molar-refractivity contribution in [2.24, 2.45) is 0 Å². The fourth-order valence-electron chi connectivity index (χ4n) is 0.989. The number of hydrogen-bond acceptors (Lipinski definition) is 2. The molecule has 1 aliphatic heterocycles. The number of aliphatic carboxylic acids is 1. The zero-order valence-electron chi connectivity index (χ0n) is 6.59. The van der Waals surface area contributed by atoms with Gasteiger partial charge in [-0.25, -0.2) is 0 Å². The largest absolute Gasteiger partial charge is 0.480 e. The lowest BCUT2D eigenvalue weighted by Gasteiger charge is -2.16. The summed E-state index contributed by atoms with van der Waals surface area (Å²) in [5, 5.41) is 11.5. The molecule has 1 atom stereocenters. The van der Waals surface area contributed by atoms with Gasteiger partial charge >= 0.3 is 5.97 Å². The first-order valence-corrected chi connectivity index (χ1v) is 2.99. The van der Waals surface area contributed by atoms with Gasteiger partial charge in [0.05, 0.1) is 0 Å². The van der Waals surface area contributed by atoms with Gasteiger partial charge in [0.25, 0.3) is 0 Å². The van der Waals surface area contributed by atoms with Gasteiger partial charge in [-0.2, -0.15) is 0 Å². The van der Waals surface area contributed by atoms with Gasteiger partial charge in [0, 0.05) is 1.37 Å². The minimum absolute atomic E-state index is 0. The second-order valence-corrected chi connectivity index (χ2v) is 2.42. The molecule has 4 heteroatoms. The molecule has 1 saturated heterocycles. The van der Waals surface area contributed by atoms with Crippen LogP contribution in [0.1, 0.15) is 21.1 Å². The van der Waals surface area contributed by atoms with Crippen molar-refractivity contribution >= 4 is 18.4 Å². The fraction of sp³-hybridized carbons (Fsp3) is 0.833. The molecular formula is C6H12ClNO2. The summed E-state index contributed by atoms with van der Waals surface area (Å²) in [7, 11) is 0. The molecule has 1 rings (SSSR count). The average molecular weight is 167 g/mol. The average Bonchev–Trinajstić information content (AvgIpc) is 2.35. The number of nitrogens with one attached hydrogen (secondary N) is 1. The van der Waals surface area contributed by atoms with Crippen molar-refractivity contribution in [1.82, 2.24) is 5.32 Å². The van der Waals surface area contributed by atoms with E-state index in [1.165, 1.54) is 0 Å². The summed E-state index contributed by atoms with van der Waals surface area (Å²) in [5.41, 5.74) is -0.931. The number of carboxylic acids is 1. The van der Waals surface area contributed by atoms with Gasteiger partial charge in [0.1, 0.15) is 5.54 Å². The number of halogens is 1. The molecule has 0 aromatic rings. The monoisotopic (exact) mass is 166 g/mol. The molecule has 0 saturated carbocycles. The summed E-state index contributed by atoms with van der Waals surface area (Å²) in [5.74, 6) is -0.889. The molecule has 1 aliphatic rings. The Hall–Kier alpha value is -0.280. The standard InChI is InChI=1S/C6H11NO2.ClH/c1-6(5(8)9)3-2-4-7-6;/h7H,2-4H2,1H3,(H,8,9);1H/t6-;/m0./s1/i1D;. The Balaban J connectivity index is 0.000001000. The SMILES string of the molecule is Cl.[2H]C[C@@]1(C(=O)O)CCCN1. The van der Waals surface area contributed by atoms with E-state index in [1.807, 2.05) is 0 Å². The minimum atomic E-state index is -0.931. The topological polar surface area (TPSA) is 49.3 Å².